The first-order valence-electron chi connectivity index (χ1n) is 6.34. The first-order valence-corrected chi connectivity index (χ1v) is 6.71. The van der Waals surface area contributed by atoms with Gasteiger partial charge in [-0.3, -0.25) is 0 Å². The van der Waals surface area contributed by atoms with Crippen LogP contribution in [0.1, 0.15) is 11.4 Å². The Morgan fingerprint density at radius 1 is 1.30 bits per heavy atom. The third-order valence-corrected chi connectivity index (χ3v) is 3.20. The molecule has 5 nitrogen and oxygen atoms in total. The summed E-state index contributed by atoms with van der Waals surface area (Å²) in [7, 11) is 3.17. The van der Waals surface area contributed by atoms with E-state index in [1.807, 2.05) is 18.3 Å². The number of aromatic nitrogens is 2. The molecule has 20 heavy (non-hydrogen) atoms. The van der Waals surface area contributed by atoms with E-state index in [1.165, 1.54) is 0 Å². The van der Waals surface area contributed by atoms with Gasteiger partial charge >= 0.3 is 0 Å². The third-order valence-electron chi connectivity index (χ3n) is 2.92. The zero-order valence-electron chi connectivity index (χ0n) is 11.6. The predicted molar refractivity (Wildman–Crippen MR) is 78.6 cm³/mol. The number of H-pyrrole nitrogens is 1. The van der Waals surface area contributed by atoms with Gasteiger partial charge in [-0.25, -0.2) is 4.98 Å². The highest BCUT2D eigenvalue weighted by Gasteiger charge is 2.10. The number of aromatic amines is 1. The summed E-state index contributed by atoms with van der Waals surface area (Å²) >= 11 is 6.16. The van der Waals surface area contributed by atoms with Gasteiger partial charge in [0.2, 0.25) is 0 Å². The highest BCUT2D eigenvalue weighted by Crippen LogP contribution is 2.35. The second-order valence-corrected chi connectivity index (χ2v) is 4.68. The molecule has 6 heteroatoms. The largest absolute Gasteiger partial charge is 0.493 e. The molecule has 0 spiro atoms. The number of nitrogens with zero attached hydrogens (tertiary/aromatic N) is 1. The number of methoxy groups -OCH3 is 2. The monoisotopic (exact) mass is 295 g/mol. The summed E-state index contributed by atoms with van der Waals surface area (Å²) in [6.07, 6.45) is 4.43. The van der Waals surface area contributed by atoms with Crippen LogP contribution in [0, 0.1) is 0 Å². The summed E-state index contributed by atoms with van der Waals surface area (Å²) in [5.41, 5.74) is 1.05. The fraction of sp³-hybridized carbons (Fsp3) is 0.357. The highest BCUT2D eigenvalue weighted by molar-refractivity contribution is 6.32. The number of imidazole rings is 1. The number of benzene rings is 1. The van der Waals surface area contributed by atoms with E-state index in [0.29, 0.717) is 23.1 Å². The van der Waals surface area contributed by atoms with E-state index in [-0.39, 0.29) is 0 Å². The van der Waals surface area contributed by atoms with Gasteiger partial charge in [-0.05, 0) is 17.7 Å². The zero-order chi connectivity index (χ0) is 14.4. The first-order chi connectivity index (χ1) is 9.74. The summed E-state index contributed by atoms with van der Waals surface area (Å²) in [6, 6.07) is 3.80. The topological polar surface area (TPSA) is 59.2 Å². The first kappa shape index (κ1) is 14.7. The second-order valence-electron chi connectivity index (χ2n) is 4.28. The van der Waals surface area contributed by atoms with Gasteiger partial charge in [0.15, 0.2) is 11.5 Å². The third kappa shape index (κ3) is 3.65. The molecule has 108 valence electrons. The van der Waals surface area contributed by atoms with Crippen LogP contribution in [0.5, 0.6) is 11.5 Å². The lowest BCUT2D eigenvalue weighted by Gasteiger charge is -2.12. The van der Waals surface area contributed by atoms with Gasteiger partial charge in [-0.2, -0.15) is 0 Å². The molecule has 0 aliphatic heterocycles. The molecule has 0 unspecified atom stereocenters. The Morgan fingerprint density at radius 2 is 2.15 bits per heavy atom. The molecule has 0 aliphatic rings. The normalized spacial score (nSPS) is 10.6. The van der Waals surface area contributed by atoms with Crippen LogP contribution in [0.3, 0.4) is 0 Å². The molecule has 0 amide bonds. The predicted octanol–water partition coefficient (Wildman–Crippen LogP) is 2.41. The van der Waals surface area contributed by atoms with Gasteiger partial charge in [0.1, 0.15) is 5.82 Å². The van der Waals surface area contributed by atoms with Crippen molar-refractivity contribution in [2.75, 3.05) is 20.8 Å². The van der Waals surface area contributed by atoms with Gasteiger partial charge < -0.3 is 19.8 Å². The van der Waals surface area contributed by atoms with Crippen molar-refractivity contribution in [3.8, 4) is 11.5 Å². The van der Waals surface area contributed by atoms with E-state index in [9.17, 15) is 0 Å². The van der Waals surface area contributed by atoms with E-state index in [4.69, 9.17) is 21.1 Å². The second kappa shape index (κ2) is 7.17. The van der Waals surface area contributed by atoms with E-state index < -0.39 is 0 Å². The van der Waals surface area contributed by atoms with Crippen LogP contribution in [0.4, 0.5) is 0 Å². The van der Waals surface area contributed by atoms with Crippen LogP contribution in [0.25, 0.3) is 0 Å². The Kier molecular flexibility index (Phi) is 5.26. The molecular formula is C14H18ClN3O2. The molecule has 0 saturated carbocycles. The summed E-state index contributed by atoms with van der Waals surface area (Å²) < 4.78 is 10.5. The molecule has 1 heterocycles. The molecule has 2 rings (SSSR count). The Balaban J connectivity index is 1.91. The summed E-state index contributed by atoms with van der Waals surface area (Å²) in [5, 5.41) is 3.89. The van der Waals surface area contributed by atoms with Crippen LogP contribution >= 0.6 is 11.6 Å². The van der Waals surface area contributed by atoms with Crippen LogP contribution in [-0.4, -0.2) is 30.7 Å². The van der Waals surface area contributed by atoms with Gasteiger partial charge in [0.05, 0.1) is 19.2 Å². The molecule has 2 N–H and O–H groups in total. The number of halogens is 1. The maximum Gasteiger partial charge on any atom is 0.179 e. The minimum absolute atomic E-state index is 0.551. The van der Waals surface area contributed by atoms with Crippen LogP contribution in [0.2, 0.25) is 5.02 Å². The Labute approximate surface area is 123 Å². The smallest absolute Gasteiger partial charge is 0.179 e. The maximum atomic E-state index is 6.16. The molecule has 0 bridgehead atoms. The van der Waals surface area contributed by atoms with Crippen molar-refractivity contribution in [1.82, 2.24) is 15.3 Å². The lowest BCUT2D eigenvalue weighted by Crippen LogP contribution is -2.17. The minimum atomic E-state index is 0.551. The van der Waals surface area contributed by atoms with Crippen LogP contribution in [-0.2, 0) is 13.0 Å². The van der Waals surface area contributed by atoms with Crippen molar-refractivity contribution >= 4 is 11.6 Å². The molecule has 1 aromatic heterocycles. The molecule has 0 radical (unpaired) electrons. The molecule has 0 aliphatic carbocycles. The number of hydrogen-bond acceptors (Lipinski definition) is 4. The van der Waals surface area contributed by atoms with E-state index in [2.05, 4.69) is 15.3 Å². The number of rotatable bonds is 7. The molecule has 0 atom stereocenters. The molecular weight excluding hydrogens is 278 g/mol. The van der Waals surface area contributed by atoms with Gasteiger partial charge in [0.25, 0.3) is 0 Å². The van der Waals surface area contributed by atoms with Crippen molar-refractivity contribution in [2.24, 2.45) is 0 Å². The van der Waals surface area contributed by atoms with Gasteiger partial charge in [-0.15, -0.1) is 0 Å². The Morgan fingerprint density at radius 3 is 2.80 bits per heavy atom. The average Bonchev–Trinajstić information content (AvgIpc) is 2.96. The number of ether oxygens (including phenoxy) is 2. The van der Waals surface area contributed by atoms with Crippen molar-refractivity contribution in [3.63, 3.8) is 0 Å². The van der Waals surface area contributed by atoms with Crippen molar-refractivity contribution < 1.29 is 9.47 Å². The average molecular weight is 296 g/mol. The SMILES string of the molecule is COc1cc(CNCCc2ncc[nH]2)cc(Cl)c1OC. The highest BCUT2D eigenvalue weighted by atomic mass is 35.5. The number of hydrogen-bond donors (Lipinski definition) is 2. The van der Waals surface area contributed by atoms with E-state index in [0.717, 1.165) is 24.4 Å². The number of nitrogens with one attached hydrogen (secondary N) is 2. The van der Waals surface area contributed by atoms with Gasteiger partial charge in [-0.1, -0.05) is 11.6 Å². The maximum absolute atomic E-state index is 6.16. The quantitative estimate of drug-likeness (QED) is 0.770. The molecule has 1 aromatic carbocycles. The minimum Gasteiger partial charge on any atom is -0.493 e. The summed E-state index contributed by atoms with van der Waals surface area (Å²) in [5.74, 6) is 2.18. The Hall–Kier alpha value is -1.72. The molecule has 0 fully saturated rings. The van der Waals surface area contributed by atoms with Gasteiger partial charge in [0, 0.05) is 31.9 Å². The summed E-state index contributed by atoms with van der Waals surface area (Å²) in [6.45, 7) is 1.54. The summed E-state index contributed by atoms with van der Waals surface area (Å²) in [4.78, 5) is 7.24. The van der Waals surface area contributed by atoms with E-state index in [1.54, 1.807) is 20.4 Å². The fourth-order valence-electron chi connectivity index (χ4n) is 1.95. The lowest BCUT2D eigenvalue weighted by atomic mass is 10.2. The standard InChI is InChI=1S/C14H18ClN3O2/c1-19-12-8-10(7-11(15)14(12)20-2)9-16-4-3-13-17-5-6-18-13/h5-8,16H,3-4,9H2,1-2H3,(H,17,18). The van der Waals surface area contributed by atoms with Crippen molar-refractivity contribution in [3.05, 3.63) is 40.9 Å². The van der Waals surface area contributed by atoms with Crippen molar-refractivity contribution in [1.29, 1.82) is 0 Å². The lowest BCUT2D eigenvalue weighted by molar-refractivity contribution is 0.354. The Bertz CT molecular complexity index is 544. The molecule has 0 saturated heterocycles. The van der Waals surface area contributed by atoms with Crippen LogP contribution in [0.15, 0.2) is 24.5 Å². The van der Waals surface area contributed by atoms with E-state index >= 15 is 0 Å². The molecule has 2 aromatic rings. The zero-order valence-corrected chi connectivity index (χ0v) is 12.3. The fourth-order valence-corrected chi connectivity index (χ4v) is 2.26. The van der Waals surface area contributed by atoms with Crippen LogP contribution < -0.4 is 14.8 Å². The van der Waals surface area contributed by atoms with Crippen molar-refractivity contribution in [2.45, 2.75) is 13.0 Å².